The number of rotatable bonds is 5. The summed E-state index contributed by atoms with van der Waals surface area (Å²) in [5.41, 5.74) is 7.47. The molecule has 1 unspecified atom stereocenters. The molecule has 0 aliphatic carbocycles. The Hall–Kier alpha value is -0.570. The van der Waals surface area contributed by atoms with Gasteiger partial charge in [0.15, 0.2) is 0 Å². The molecule has 3 N–H and O–H groups in total. The van der Waals surface area contributed by atoms with E-state index >= 15 is 0 Å². The molecule has 1 aromatic rings. The summed E-state index contributed by atoms with van der Waals surface area (Å²) in [5, 5.41) is 2.88. The van der Waals surface area contributed by atoms with Crippen LogP contribution < -0.4 is 16.0 Å². The molecular formula is C14H22BrCl2N3O3. The normalized spacial score (nSPS) is 15.2. The van der Waals surface area contributed by atoms with Gasteiger partial charge in [-0.25, -0.2) is 0 Å². The van der Waals surface area contributed by atoms with E-state index in [1.54, 1.807) is 0 Å². The summed E-state index contributed by atoms with van der Waals surface area (Å²) >= 11 is 3.43. The molecule has 1 amide bonds. The number of halogens is 3. The number of hydrogen-bond acceptors (Lipinski definition) is 5. The second kappa shape index (κ2) is 11.1. The molecule has 1 aliphatic rings. The highest BCUT2D eigenvalue weighted by atomic mass is 79.9. The second-order valence-corrected chi connectivity index (χ2v) is 5.73. The van der Waals surface area contributed by atoms with Crippen LogP contribution >= 0.6 is 40.7 Å². The van der Waals surface area contributed by atoms with Gasteiger partial charge in [-0.3, -0.25) is 4.79 Å². The first-order valence-electron chi connectivity index (χ1n) is 6.79. The first kappa shape index (κ1) is 22.4. The number of nitrogens with one attached hydrogen (secondary N) is 1. The van der Waals surface area contributed by atoms with Crippen LogP contribution in [0.3, 0.4) is 0 Å². The summed E-state index contributed by atoms with van der Waals surface area (Å²) in [4.78, 5) is 14.3. The molecule has 0 saturated carbocycles. The van der Waals surface area contributed by atoms with Crippen molar-refractivity contribution in [1.82, 2.24) is 0 Å². The highest BCUT2D eigenvalue weighted by Gasteiger charge is 2.19. The van der Waals surface area contributed by atoms with Crippen molar-refractivity contribution in [3.05, 3.63) is 22.7 Å². The Balaban J connectivity index is 0.00000242. The van der Waals surface area contributed by atoms with Gasteiger partial charge in [-0.15, -0.1) is 24.8 Å². The maximum atomic E-state index is 12.1. The second-order valence-electron chi connectivity index (χ2n) is 4.81. The molecule has 1 heterocycles. The van der Waals surface area contributed by atoms with Crippen LogP contribution in [-0.2, 0) is 14.3 Å². The number of morpholine rings is 1. The predicted molar refractivity (Wildman–Crippen MR) is 100 cm³/mol. The Morgan fingerprint density at radius 3 is 2.70 bits per heavy atom. The fourth-order valence-electron chi connectivity index (χ4n) is 2.17. The molecule has 6 nitrogen and oxygen atoms in total. The number of benzene rings is 1. The zero-order valence-corrected chi connectivity index (χ0v) is 16.0. The topological polar surface area (TPSA) is 76.8 Å². The van der Waals surface area contributed by atoms with Crippen molar-refractivity contribution >= 4 is 58.0 Å². The number of ether oxygens (including phenoxy) is 2. The zero-order valence-electron chi connectivity index (χ0n) is 12.8. The molecule has 2 rings (SSSR count). The van der Waals surface area contributed by atoms with Crippen molar-refractivity contribution in [1.29, 1.82) is 0 Å². The Kier molecular flexibility index (Phi) is 10.8. The van der Waals surface area contributed by atoms with Crippen LogP contribution in [0.25, 0.3) is 0 Å². The lowest BCUT2D eigenvalue weighted by Gasteiger charge is -2.30. The number of carbonyl (C=O) groups excluding carboxylic acids is 1. The standard InChI is InChI=1S/C14H20BrN3O3.2ClH/c1-20-9-11(16)14(19)17-12-8-10(15)2-3-13(12)18-4-6-21-7-5-18;;/h2-3,8,11H,4-7,9,16H2,1H3,(H,17,19);2*1H. The molecule has 0 radical (unpaired) electrons. The largest absolute Gasteiger partial charge is 0.383 e. The first-order valence-corrected chi connectivity index (χ1v) is 7.58. The lowest BCUT2D eigenvalue weighted by molar-refractivity contribution is -0.118. The maximum absolute atomic E-state index is 12.1. The summed E-state index contributed by atoms with van der Waals surface area (Å²) in [6.07, 6.45) is 0. The molecule has 23 heavy (non-hydrogen) atoms. The van der Waals surface area contributed by atoms with E-state index in [0.717, 1.165) is 28.9 Å². The van der Waals surface area contributed by atoms with Gasteiger partial charge in [-0.2, -0.15) is 0 Å². The number of nitrogens with two attached hydrogens (primary N) is 1. The van der Waals surface area contributed by atoms with Crippen LogP contribution in [0.1, 0.15) is 0 Å². The van der Waals surface area contributed by atoms with Crippen LogP contribution in [-0.4, -0.2) is 52.0 Å². The van der Waals surface area contributed by atoms with Crippen molar-refractivity contribution < 1.29 is 14.3 Å². The predicted octanol–water partition coefficient (Wildman–Crippen LogP) is 2.04. The van der Waals surface area contributed by atoms with Crippen molar-refractivity contribution in [2.75, 3.05) is 50.2 Å². The minimum absolute atomic E-state index is 0. The average molecular weight is 431 g/mol. The number of nitrogens with zero attached hydrogens (tertiary/aromatic N) is 1. The number of methoxy groups -OCH3 is 1. The van der Waals surface area contributed by atoms with E-state index in [4.69, 9.17) is 15.2 Å². The van der Waals surface area contributed by atoms with Crippen molar-refractivity contribution in [3.8, 4) is 0 Å². The fraction of sp³-hybridized carbons (Fsp3) is 0.500. The number of carbonyl (C=O) groups is 1. The smallest absolute Gasteiger partial charge is 0.243 e. The zero-order chi connectivity index (χ0) is 15.2. The third-order valence-corrected chi connectivity index (χ3v) is 3.74. The van der Waals surface area contributed by atoms with Gasteiger partial charge in [0, 0.05) is 24.7 Å². The van der Waals surface area contributed by atoms with Gasteiger partial charge >= 0.3 is 0 Å². The number of hydrogen-bond donors (Lipinski definition) is 2. The van der Waals surface area contributed by atoms with E-state index in [2.05, 4.69) is 26.1 Å². The Bertz CT molecular complexity index is 502. The molecular weight excluding hydrogens is 409 g/mol. The minimum Gasteiger partial charge on any atom is -0.383 e. The molecule has 1 aromatic carbocycles. The van der Waals surface area contributed by atoms with Crippen LogP contribution in [0.4, 0.5) is 11.4 Å². The van der Waals surface area contributed by atoms with Crippen molar-refractivity contribution in [3.63, 3.8) is 0 Å². The van der Waals surface area contributed by atoms with Gasteiger partial charge in [0.1, 0.15) is 6.04 Å². The molecule has 1 fully saturated rings. The van der Waals surface area contributed by atoms with Gasteiger partial charge in [-0.1, -0.05) is 15.9 Å². The molecule has 1 atom stereocenters. The van der Waals surface area contributed by atoms with E-state index in [1.165, 1.54) is 7.11 Å². The Morgan fingerprint density at radius 2 is 2.09 bits per heavy atom. The molecule has 9 heteroatoms. The summed E-state index contributed by atoms with van der Waals surface area (Å²) in [5.74, 6) is -0.260. The molecule has 1 aliphatic heterocycles. The molecule has 132 valence electrons. The van der Waals surface area contributed by atoms with Crippen LogP contribution in [0.5, 0.6) is 0 Å². The first-order chi connectivity index (χ1) is 10.1. The average Bonchev–Trinajstić information content (AvgIpc) is 2.48. The fourth-order valence-corrected chi connectivity index (χ4v) is 2.53. The summed E-state index contributed by atoms with van der Waals surface area (Å²) in [6.45, 7) is 3.16. The molecule has 0 aromatic heterocycles. The highest BCUT2D eigenvalue weighted by molar-refractivity contribution is 9.10. The molecule has 0 spiro atoms. The highest BCUT2D eigenvalue weighted by Crippen LogP contribution is 2.30. The number of amides is 1. The lowest BCUT2D eigenvalue weighted by atomic mass is 10.2. The summed E-state index contributed by atoms with van der Waals surface area (Å²) < 4.78 is 11.2. The molecule has 1 saturated heterocycles. The van der Waals surface area contributed by atoms with E-state index < -0.39 is 6.04 Å². The monoisotopic (exact) mass is 429 g/mol. The van der Waals surface area contributed by atoms with Crippen molar-refractivity contribution in [2.24, 2.45) is 5.73 Å². The van der Waals surface area contributed by atoms with E-state index in [9.17, 15) is 4.79 Å². The lowest BCUT2D eigenvalue weighted by Crippen LogP contribution is -2.40. The van der Waals surface area contributed by atoms with Crippen LogP contribution in [0.2, 0.25) is 0 Å². The molecule has 0 bridgehead atoms. The minimum atomic E-state index is -0.688. The van der Waals surface area contributed by atoms with E-state index in [1.807, 2.05) is 18.2 Å². The van der Waals surface area contributed by atoms with Crippen LogP contribution in [0, 0.1) is 0 Å². The van der Waals surface area contributed by atoms with Gasteiger partial charge in [-0.05, 0) is 18.2 Å². The third kappa shape index (κ3) is 6.45. The summed E-state index contributed by atoms with van der Waals surface area (Å²) in [7, 11) is 1.52. The third-order valence-electron chi connectivity index (χ3n) is 3.25. The van der Waals surface area contributed by atoms with Crippen LogP contribution in [0.15, 0.2) is 22.7 Å². The van der Waals surface area contributed by atoms with Crippen molar-refractivity contribution in [2.45, 2.75) is 6.04 Å². The Labute approximate surface area is 157 Å². The van der Waals surface area contributed by atoms with E-state index in [-0.39, 0.29) is 37.3 Å². The SMILES string of the molecule is COCC(N)C(=O)Nc1cc(Br)ccc1N1CCOCC1.Cl.Cl. The van der Waals surface area contributed by atoms with Gasteiger partial charge < -0.3 is 25.4 Å². The number of anilines is 2. The maximum Gasteiger partial charge on any atom is 0.243 e. The van der Waals surface area contributed by atoms with E-state index in [0.29, 0.717) is 13.2 Å². The Morgan fingerprint density at radius 1 is 1.43 bits per heavy atom. The van der Waals surface area contributed by atoms with Gasteiger partial charge in [0.2, 0.25) is 5.91 Å². The van der Waals surface area contributed by atoms with Gasteiger partial charge in [0.05, 0.1) is 31.2 Å². The van der Waals surface area contributed by atoms with Gasteiger partial charge in [0.25, 0.3) is 0 Å². The summed E-state index contributed by atoms with van der Waals surface area (Å²) in [6, 6.07) is 5.12. The quantitative estimate of drug-likeness (QED) is 0.747.